The lowest BCUT2D eigenvalue weighted by molar-refractivity contribution is -0.141. The van der Waals surface area contributed by atoms with E-state index in [-0.39, 0.29) is 11.8 Å². The number of esters is 1. The monoisotopic (exact) mass is 287 g/mol. The molecule has 2 aromatic rings. The van der Waals surface area contributed by atoms with Gasteiger partial charge >= 0.3 is 5.97 Å². The second-order valence-electron chi connectivity index (χ2n) is 4.91. The Morgan fingerprint density at radius 1 is 1.10 bits per heavy atom. The number of rotatable bonds is 4. The van der Waals surface area contributed by atoms with Gasteiger partial charge in [0, 0.05) is 5.69 Å². The van der Waals surface area contributed by atoms with E-state index in [1.807, 2.05) is 32.0 Å². The van der Waals surface area contributed by atoms with Crippen molar-refractivity contribution in [2.45, 2.75) is 19.9 Å². The average molecular weight is 287 g/mol. The Hall–Kier alpha value is -2.36. The maximum absolute atomic E-state index is 13.0. The number of ether oxygens (including phenoxy) is 1. The number of methoxy groups -OCH3 is 1. The minimum Gasteiger partial charge on any atom is -0.467 e. The molecule has 1 N–H and O–H groups in total. The smallest absolute Gasteiger partial charge is 0.333 e. The summed E-state index contributed by atoms with van der Waals surface area (Å²) in [6.07, 6.45) is 0. The molecule has 0 aliphatic rings. The van der Waals surface area contributed by atoms with Crippen LogP contribution in [0.4, 0.5) is 10.1 Å². The third kappa shape index (κ3) is 3.40. The molecule has 0 bridgehead atoms. The number of nitrogens with one attached hydrogen (secondary N) is 1. The number of carbonyl (C=O) groups excluding carboxylic acids is 1. The van der Waals surface area contributed by atoms with Crippen molar-refractivity contribution in [2.24, 2.45) is 0 Å². The molecule has 2 aromatic carbocycles. The number of hydrogen-bond donors (Lipinski definition) is 1. The molecule has 0 amide bonds. The van der Waals surface area contributed by atoms with Crippen LogP contribution in [0, 0.1) is 19.7 Å². The van der Waals surface area contributed by atoms with Gasteiger partial charge in [-0.2, -0.15) is 0 Å². The SMILES string of the molecule is COC(=O)C(Nc1ccc(F)cc1)c1c(C)cccc1C. The summed E-state index contributed by atoms with van der Waals surface area (Å²) >= 11 is 0. The van der Waals surface area contributed by atoms with Crippen molar-refractivity contribution in [3.05, 3.63) is 65.0 Å². The van der Waals surface area contributed by atoms with Gasteiger partial charge in [0.15, 0.2) is 6.04 Å². The summed E-state index contributed by atoms with van der Waals surface area (Å²) < 4.78 is 17.9. The van der Waals surface area contributed by atoms with Gasteiger partial charge in [-0.25, -0.2) is 9.18 Å². The summed E-state index contributed by atoms with van der Waals surface area (Å²) in [7, 11) is 1.36. The van der Waals surface area contributed by atoms with Gasteiger partial charge in [-0.3, -0.25) is 0 Å². The van der Waals surface area contributed by atoms with Gasteiger partial charge in [0.1, 0.15) is 5.82 Å². The van der Waals surface area contributed by atoms with Crippen molar-refractivity contribution in [1.82, 2.24) is 0 Å². The van der Waals surface area contributed by atoms with Crippen LogP contribution in [0.1, 0.15) is 22.7 Å². The van der Waals surface area contributed by atoms with Crippen LogP contribution in [0.3, 0.4) is 0 Å². The van der Waals surface area contributed by atoms with Crippen LogP contribution in [0.25, 0.3) is 0 Å². The Morgan fingerprint density at radius 3 is 2.19 bits per heavy atom. The van der Waals surface area contributed by atoms with E-state index in [1.54, 1.807) is 12.1 Å². The molecule has 2 rings (SSSR count). The first-order chi connectivity index (χ1) is 10.0. The lowest BCUT2D eigenvalue weighted by Crippen LogP contribution is -2.24. The van der Waals surface area contributed by atoms with E-state index in [9.17, 15) is 9.18 Å². The molecule has 4 heteroatoms. The Bertz CT molecular complexity index is 617. The van der Waals surface area contributed by atoms with E-state index in [1.165, 1.54) is 19.2 Å². The molecule has 110 valence electrons. The molecule has 0 radical (unpaired) electrons. The third-order valence-electron chi connectivity index (χ3n) is 3.42. The van der Waals surface area contributed by atoms with E-state index in [0.717, 1.165) is 16.7 Å². The zero-order valence-corrected chi connectivity index (χ0v) is 12.3. The standard InChI is InChI=1S/C17H18FNO2/c1-11-5-4-6-12(2)15(11)16(17(20)21-3)19-14-9-7-13(18)8-10-14/h4-10,16,19H,1-3H3. The molecule has 0 aliphatic carbocycles. The molecule has 0 aromatic heterocycles. The highest BCUT2D eigenvalue weighted by atomic mass is 19.1. The normalized spacial score (nSPS) is 11.8. The second kappa shape index (κ2) is 6.39. The van der Waals surface area contributed by atoms with Gasteiger partial charge in [-0.1, -0.05) is 18.2 Å². The largest absolute Gasteiger partial charge is 0.467 e. The number of benzene rings is 2. The van der Waals surface area contributed by atoms with Gasteiger partial charge in [-0.05, 0) is 54.8 Å². The molecule has 0 saturated carbocycles. The summed E-state index contributed by atoms with van der Waals surface area (Å²) in [5.41, 5.74) is 3.54. The van der Waals surface area contributed by atoms with Gasteiger partial charge in [0.05, 0.1) is 7.11 Å². The second-order valence-corrected chi connectivity index (χ2v) is 4.91. The summed E-state index contributed by atoms with van der Waals surface area (Å²) in [6, 6.07) is 11.1. The van der Waals surface area contributed by atoms with Crippen LogP contribution < -0.4 is 5.32 Å². The van der Waals surface area contributed by atoms with Crippen LogP contribution >= 0.6 is 0 Å². The van der Waals surface area contributed by atoms with E-state index >= 15 is 0 Å². The van der Waals surface area contributed by atoms with Crippen LogP contribution in [-0.4, -0.2) is 13.1 Å². The van der Waals surface area contributed by atoms with E-state index < -0.39 is 6.04 Å². The Balaban J connectivity index is 2.39. The fourth-order valence-corrected chi connectivity index (χ4v) is 2.36. The first kappa shape index (κ1) is 15.0. The number of anilines is 1. The van der Waals surface area contributed by atoms with Crippen LogP contribution in [0.2, 0.25) is 0 Å². The zero-order chi connectivity index (χ0) is 15.4. The number of carbonyl (C=O) groups is 1. The zero-order valence-electron chi connectivity index (χ0n) is 12.3. The number of aryl methyl sites for hydroxylation is 2. The number of hydrogen-bond acceptors (Lipinski definition) is 3. The lowest BCUT2D eigenvalue weighted by Gasteiger charge is -2.21. The van der Waals surface area contributed by atoms with Crippen LogP contribution in [0.15, 0.2) is 42.5 Å². The number of halogens is 1. The molecule has 0 saturated heterocycles. The summed E-state index contributed by atoms with van der Waals surface area (Å²) in [4.78, 5) is 12.1. The molecule has 1 atom stereocenters. The fraction of sp³-hybridized carbons (Fsp3) is 0.235. The molecular weight excluding hydrogens is 269 g/mol. The van der Waals surface area contributed by atoms with Crippen molar-refractivity contribution in [3.63, 3.8) is 0 Å². The predicted octanol–water partition coefficient (Wildman–Crippen LogP) is 3.77. The highest BCUT2D eigenvalue weighted by Gasteiger charge is 2.24. The molecule has 21 heavy (non-hydrogen) atoms. The third-order valence-corrected chi connectivity index (χ3v) is 3.42. The van der Waals surface area contributed by atoms with Crippen molar-refractivity contribution in [3.8, 4) is 0 Å². The van der Waals surface area contributed by atoms with Crippen molar-refractivity contribution >= 4 is 11.7 Å². The highest BCUT2D eigenvalue weighted by molar-refractivity contribution is 5.82. The molecule has 0 spiro atoms. The first-order valence-electron chi connectivity index (χ1n) is 6.69. The molecule has 3 nitrogen and oxygen atoms in total. The average Bonchev–Trinajstić information content (AvgIpc) is 2.47. The highest BCUT2D eigenvalue weighted by Crippen LogP contribution is 2.26. The predicted molar refractivity (Wildman–Crippen MR) is 80.7 cm³/mol. The van der Waals surface area contributed by atoms with E-state index in [2.05, 4.69) is 5.32 Å². The van der Waals surface area contributed by atoms with Crippen molar-refractivity contribution < 1.29 is 13.9 Å². The first-order valence-corrected chi connectivity index (χ1v) is 6.69. The van der Waals surface area contributed by atoms with E-state index in [4.69, 9.17) is 4.74 Å². The summed E-state index contributed by atoms with van der Waals surface area (Å²) in [6.45, 7) is 3.90. The van der Waals surface area contributed by atoms with Gasteiger partial charge in [0.2, 0.25) is 0 Å². The summed E-state index contributed by atoms with van der Waals surface area (Å²) in [5.74, 6) is -0.695. The molecule has 0 fully saturated rings. The molecule has 0 heterocycles. The summed E-state index contributed by atoms with van der Waals surface area (Å²) in [5, 5.41) is 3.11. The minimum atomic E-state index is -0.623. The van der Waals surface area contributed by atoms with E-state index in [0.29, 0.717) is 5.69 Å². The Labute approximate surface area is 123 Å². The molecular formula is C17H18FNO2. The van der Waals surface area contributed by atoms with Gasteiger partial charge < -0.3 is 10.1 Å². The Morgan fingerprint density at radius 2 is 1.67 bits per heavy atom. The van der Waals surface area contributed by atoms with Crippen LogP contribution in [-0.2, 0) is 9.53 Å². The maximum atomic E-state index is 13.0. The van der Waals surface area contributed by atoms with Crippen molar-refractivity contribution in [1.29, 1.82) is 0 Å². The van der Waals surface area contributed by atoms with Gasteiger partial charge in [0.25, 0.3) is 0 Å². The quantitative estimate of drug-likeness (QED) is 0.870. The fourth-order valence-electron chi connectivity index (χ4n) is 2.36. The molecule has 1 unspecified atom stereocenters. The van der Waals surface area contributed by atoms with Crippen LogP contribution in [0.5, 0.6) is 0 Å². The maximum Gasteiger partial charge on any atom is 0.333 e. The Kier molecular flexibility index (Phi) is 4.58. The molecule has 0 aliphatic heterocycles. The minimum absolute atomic E-state index is 0.317. The topological polar surface area (TPSA) is 38.3 Å². The lowest BCUT2D eigenvalue weighted by atomic mass is 9.96. The van der Waals surface area contributed by atoms with Gasteiger partial charge in [-0.15, -0.1) is 0 Å². The van der Waals surface area contributed by atoms with Crippen molar-refractivity contribution in [2.75, 3.05) is 12.4 Å².